The van der Waals surface area contributed by atoms with Crippen molar-refractivity contribution in [2.75, 3.05) is 0 Å². The van der Waals surface area contributed by atoms with E-state index >= 15 is 0 Å². The van der Waals surface area contributed by atoms with Crippen LogP contribution in [-0.2, 0) is 0 Å². The number of hydrogen-bond acceptors (Lipinski definition) is 2. The lowest BCUT2D eigenvalue weighted by molar-refractivity contribution is 0.440. The Labute approximate surface area is 118 Å². The van der Waals surface area contributed by atoms with E-state index in [1.807, 2.05) is 12.1 Å². The fourth-order valence-electron chi connectivity index (χ4n) is 1.38. The number of rotatable bonds is 3. The molecule has 0 saturated carbocycles. The first-order chi connectivity index (χ1) is 8.58. The van der Waals surface area contributed by atoms with Crippen LogP contribution in [0.1, 0.15) is 5.56 Å². The minimum atomic E-state index is -0.504. The van der Waals surface area contributed by atoms with Crippen molar-refractivity contribution in [3.63, 3.8) is 0 Å². The van der Waals surface area contributed by atoms with E-state index < -0.39 is 5.82 Å². The molecule has 0 spiro atoms. The largest absolute Gasteiger partial charge is 0.453 e. The Morgan fingerprint density at radius 1 is 1.17 bits per heavy atom. The Morgan fingerprint density at radius 2 is 1.89 bits per heavy atom. The van der Waals surface area contributed by atoms with Crippen LogP contribution in [0.4, 0.5) is 4.39 Å². The van der Waals surface area contributed by atoms with E-state index in [1.165, 1.54) is 12.1 Å². The van der Waals surface area contributed by atoms with Crippen LogP contribution in [0.5, 0.6) is 11.5 Å². The summed E-state index contributed by atoms with van der Waals surface area (Å²) in [4.78, 5) is 0.154. The minimum absolute atomic E-state index is 0.127. The van der Waals surface area contributed by atoms with Gasteiger partial charge in [0, 0.05) is 5.56 Å². The second-order valence-electron chi connectivity index (χ2n) is 3.54. The predicted octanol–water partition coefficient (Wildman–Crippen LogP) is 4.01. The Hall–Kier alpha value is -1.46. The van der Waals surface area contributed by atoms with Gasteiger partial charge in [-0.25, -0.2) is 4.39 Å². The molecule has 0 atom stereocenters. The number of para-hydroxylation sites is 1. The van der Waals surface area contributed by atoms with Gasteiger partial charge in [-0.2, -0.15) is 0 Å². The van der Waals surface area contributed by atoms with E-state index in [1.54, 1.807) is 18.2 Å². The molecule has 92 valence electrons. The highest BCUT2D eigenvalue weighted by Gasteiger charge is 2.08. The topological polar surface area (TPSA) is 35.2 Å². The summed E-state index contributed by atoms with van der Waals surface area (Å²) in [5.41, 5.74) is 5.90. The van der Waals surface area contributed by atoms with Gasteiger partial charge in [-0.3, -0.25) is 0 Å². The van der Waals surface area contributed by atoms with Crippen LogP contribution in [0, 0.1) is 5.82 Å². The lowest BCUT2D eigenvalue weighted by Crippen LogP contribution is -2.09. The monoisotopic (exact) mass is 325 g/mol. The van der Waals surface area contributed by atoms with Crippen LogP contribution in [-0.4, -0.2) is 4.99 Å². The third-order valence-corrected chi connectivity index (χ3v) is 3.16. The highest BCUT2D eigenvalue weighted by molar-refractivity contribution is 9.10. The summed E-state index contributed by atoms with van der Waals surface area (Å²) in [7, 11) is 0. The van der Waals surface area contributed by atoms with Gasteiger partial charge in [-0.1, -0.05) is 24.4 Å². The standard InChI is InChI=1S/C13H9BrFNOS/c14-9-3-1-2-4-11(9)17-12-6-5-8(13(16)18)7-10(12)15/h1-7H,(H2,16,18). The first-order valence-corrected chi connectivity index (χ1v) is 6.30. The van der Waals surface area contributed by atoms with Gasteiger partial charge in [0.1, 0.15) is 10.7 Å². The van der Waals surface area contributed by atoms with Gasteiger partial charge in [0.2, 0.25) is 0 Å². The fraction of sp³-hybridized carbons (Fsp3) is 0. The van der Waals surface area contributed by atoms with Crippen molar-refractivity contribution < 1.29 is 9.13 Å². The molecule has 0 bridgehead atoms. The van der Waals surface area contributed by atoms with Crippen molar-refractivity contribution >= 4 is 33.1 Å². The molecule has 0 heterocycles. The second-order valence-corrected chi connectivity index (χ2v) is 4.84. The summed E-state index contributed by atoms with van der Waals surface area (Å²) in [6.45, 7) is 0. The average molecular weight is 326 g/mol. The van der Waals surface area contributed by atoms with Crippen LogP contribution in [0.15, 0.2) is 46.9 Å². The van der Waals surface area contributed by atoms with Gasteiger partial charge in [-0.15, -0.1) is 0 Å². The first-order valence-electron chi connectivity index (χ1n) is 5.09. The van der Waals surface area contributed by atoms with Crippen LogP contribution in [0.25, 0.3) is 0 Å². The second kappa shape index (κ2) is 5.46. The summed E-state index contributed by atoms with van der Waals surface area (Å²) in [5, 5.41) is 0. The van der Waals surface area contributed by atoms with Crippen molar-refractivity contribution in [3.05, 3.63) is 58.3 Å². The zero-order chi connectivity index (χ0) is 13.1. The van der Waals surface area contributed by atoms with E-state index in [4.69, 9.17) is 22.7 Å². The zero-order valence-corrected chi connectivity index (χ0v) is 11.6. The molecule has 5 heteroatoms. The maximum Gasteiger partial charge on any atom is 0.166 e. The number of ether oxygens (including phenoxy) is 1. The van der Waals surface area contributed by atoms with Gasteiger partial charge in [-0.05, 0) is 46.3 Å². The van der Waals surface area contributed by atoms with E-state index in [0.717, 1.165) is 4.47 Å². The third-order valence-electron chi connectivity index (χ3n) is 2.27. The molecule has 2 aromatic rings. The molecule has 0 aliphatic carbocycles. The molecule has 0 saturated heterocycles. The quantitative estimate of drug-likeness (QED) is 0.866. The number of nitrogens with two attached hydrogens (primary N) is 1. The molecule has 2 nitrogen and oxygen atoms in total. The van der Waals surface area contributed by atoms with Crippen molar-refractivity contribution in [1.82, 2.24) is 0 Å². The van der Waals surface area contributed by atoms with Crippen molar-refractivity contribution in [2.24, 2.45) is 5.73 Å². The molecule has 18 heavy (non-hydrogen) atoms. The van der Waals surface area contributed by atoms with Gasteiger partial charge in [0.25, 0.3) is 0 Å². The summed E-state index contributed by atoms with van der Waals surface area (Å²) in [6.07, 6.45) is 0. The highest BCUT2D eigenvalue weighted by atomic mass is 79.9. The summed E-state index contributed by atoms with van der Waals surface area (Å²) >= 11 is 8.11. The van der Waals surface area contributed by atoms with Crippen LogP contribution >= 0.6 is 28.1 Å². The molecular weight excluding hydrogens is 317 g/mol. The molecule has 0 amide bonds. The molecule has 0 radical (unpaired) electrons. The van der Waals surface area contributed by atoms with E-state index in [9.17, 15) is 4.39 Å². The molecule has 0 fully saturated rings. The third kappa shape index (κ3) is 2.86. The van der Waals surface area contributed by atoms with E-state index in [-0.39, 0.29) is 10.7 Å². The molecule has 0 aromatic heterocycles. The lowest BCUT2D eigenvalue weighted by Gasteiger charge is -2.09. The SMILES string of the molecule is NC(=S)c1ccc(Oc2ccccc2Br)c(F)c1. The van der Waals surface area contributed by atoms with Crippen LogP contribution < -0.4 is 10.5 Å². The summed E-state index contributed by atoms with van der Waals surface area (Å²) in [6, 6.07) is 11.6. The first kappa shape index (κ1) is 13.0. The Kier molecular flexibility index (Phi) is 3.93. The van der Waals surface area contributed by atoms with Crippen LogP contribution in [0.2, 0.25) is 0 Å². The Bertz CT molecular complexity index is 603. The van der Waals surface area contributed by atoms with Crippen LogP contribution in [0.3, 0.4) is 0 Å². The Morgan fingerprint density at radius 3 is 2.50 bits per heavy atom. The van der Waals surface area contributed by atoms with Gasteiger partial charge >= 0.3 is 0 Å². The van der Waals surface area contributed by atoms with Gasteiger partial charge in [0.15, 0.2) is 11.6 Å². The maximum atomic E-state index is 13.8. The number of hydrogen-bond donors (Lipinski definition) is 1. The number of thiocarbonyl (C=S) groups is 1. The lowest BCUT2D eigenvalue weighted by atomic mass is 10.2. The molecule has 2 rings (SSSR count). The molecular formula is C13H9BrFNOS. The summed E-state index contributed by atoms with van der Waals surface area (Å²) < 4.78 is 20.0. The fourth-order valence-corrected chi connectivity index (χ4v) is 1.88. The van der Waals surface area contributed by atoms with E-state index in [0.29, 0.717) is 11.3 Å². The predicted molar refractivity (Wildman–Crippen MR) is 76.5 cm³/mol. The molecule has 0 unspecified atom stereocenters. The average Bonchev–Trinajstić information content (AvgIpc) is 2.34. The number of benzene rings is 2. The Balaban J connectivity index is 2.30. The zero-order valence-electron chi connectivity index (χ0n) is 9.19. The van der Waals surface area contributed by atoms with Crippen molar-refractivity contribution in [1.29, 1.82) is 0 Å². The van der Waals surface area contributed by atoms with E-state index in [2.05, 4.69) is 15.9 Å². The van der Waals surface area contributed by atoms with Crippen molar-refractivity contribution in [2.45, 2.75) is 0 Å². The van der Waals surface area contributed by atoms with Gasteiger partial charge < -0.3 is 10.5 Å². The highest BCUT2D eigenvalue weighted by Crippen LogP contribution is 2.30. The minimum Gasteiger partial charge on any atom is -0.453 e. The molecule has 0 aliphatic heterocycles. The maximum absolute atomic E-state index is 13.8. The molecule has 0 aliphatic rings. The van der Waals surface area contributed by atoms with Crippen molar-refractivity contribution in [3.8, 4) is 11.5 Å². The molecule has 2 aromatic carbocycles. The summed E-state index contributed by atoms with van der Waals surface area (Å²) in [5.74, 6) is 0.164. The smallest absolute Gasteiger partial charge is 0.166 e. The molecule has 2 N–H and O–H groups in total. The number of halogens is 2. The van der Waals surface area contributed by atoms with Gasteiger partial charge in [0.05, 0.1) is 4.47 Å². The normalized spacial score (nSPS) is 10.1.